The van der Waals surface area contributed by atoms with Crippen molar-refractivity contribution in [2.75, 3.05) is 30.4 Å². The Hall–Kier alpha value is -1.62. The minimum Gasteiger partial charge on any atom is -0.381 e. The molecule has 1 fully saturated rings. The van der Waals surface area contributed by atoms with Gasteiger partial charge in [0, 0.05) is 25.7 Å². The van der Waals surface area contributed by atoms with Gasteiger partial charge < -0.3 is 15.4 Å². The second-order valence-electron chi connectivity index (χ2n) is 5.58. The summed E-state index contributed by atoms with van der Waals surface area (Å²) in [6.07, 6.45) is 3.29. The van der Waals surface area contributed by atoms with Crippen LogP contribution in [0.25, 0.3) is 0 Å². The van der Waals surface area contributed by atoms with E-state index in [9.17, 15) is 4.79 Å². The van der Waals surface area contributed by atoms with E-state index in [1.54, 1.807) is 6.20 Å². The first-order valence-electron chi connectivity index (χ1n) is 7.23. The molecule has 110 valence electrons. The normalized spacial score (nSPS) is 16.1. The lowest BCUT2D eigenvalue weighted by atomic mass is 9.99. The number of nitrogens with zero attached hydrogens (tertiary/aromatic N) is 1. The van der Waals surface area contributed by atoms with E-state index < -0.39 is 0 Å². The van der Waals surface area contributed by atoms with Gasteiger partial charge in [-0.25, -0.2) is 4.98 Å². The fourth-order valence-electron chi connectivity index (χ4n) is 2.09. The summed E-state index contributed by atoms with van der Waals surface area (Å²) < 4.78 is 5.26. The Morgan fingerprint density at radius 3 is 2.75 bits per heavy atom. The summed E-state index contributed by atoms with van der Waals surface area (Å²) in [6.45, 7) is 6.54. The monoisotopic (exact) mass is 277 g/mol. The Bertz CT molecular complexity index is 425. The predicted octanol–water partition coefficient (Wildman–Crippen LogP) is 2.51. The van der Waals surface area contributed by atoms with Crippen LogP contribution < -0.4 is 10.6 Å². The standard InChI is InChI=1S/C15H23N3O2/c1-11(2)9-16-14-4-3-13(10-17-14)18-15(19)12-5-7-20-8-6-12/h3-4,10-12H,5-9H2,1-2H3,(H,16,17)(H,18,19). The van der Waals surface area contributed by atoms with Crippen molar-refractivity contribution in [1.29, 1.82) is 0 Å². The zero-order valence-electron chi connectivity index (χ0n) is 12.2. The number of nitrogens with one attached hydrogen (secondary N) is 2. The smallest absolute Gasteiger partial charge is 0.227 e. The first-order valence-corrected chi connectivity index (χ1v) is 7.23. The summed E-state index contributed by atoms with van der Waals surface area (Å²) in [5.74, 6) is 1.54. The Morgan fingerprint density at radius 2 is 2.15 bits per heavy atom. The molecule has 5 nitrogen and oxygen atoms in total. The minimum absolute atomic E-state index is 0.0579. The van der Waals surface area contributed by atoms with Gasteiger partial charge in [0.05, 0.1) is 11.9 Å². The molecule has 0 atom stereocenters. The molecule has 1 amide bonds. The first-order chi connectivity index (χ1) is 9.65. The number of hydrogen-bond donors (Lipinski definition) is 2. The molecule has 2 rings (SSSR count). The van der Waals surface area contributed by atoms with Gasteiger partial charge in [0.25, 0.3) is 0 Å². The molecule has 2 heterocycles. The molecule has 0 aromatic carbocycles. The van der Waals surface area contributed by atoms with Crippen LogP contribution in [0.2, 0.25) is 0 Å². The van der Waals surface area contributed by atoms with Crippen LogP contribution in [0.15, 0.2) is 18.3 Å². The number of hydrogen-bond acceptors (Lipinski definition) is 4. The number of rotatable bonds is 5. The van der Waals surface area contributed by atoms with Crippen LogP contribution in [0.3, 0.4) is 0 Å². The molecule has 2 N–H and O–H groups in total. The highest BCUT2D eigenvalue weighted by Gasteiger charge is 2.21. The third kappa shape index (κ3) is 4.49. The van der Waals surface area contributed by atoms with Crippen LogP contribution in [0, 0.1) is 11.8 Å². The van der Waals surface area contributed by atoms with Crippen LogP contribution in [0.5, 0.6) is 0 Å². The van der Waals surface area contributed by atoms with E-state index >= 15 is 0 Å². The van der Waals surface area contributed by atoms with Gasteiger partial charge in [-0.1, -0.05) is 13.8 Å². The van der Waals surface area contributed by atoms with Crippen molar-refractivity contribution in [3.8, 4) is 0 Å². The van der Waals surface area contributed by atoms with E-state index in [0.717, 1.165) is 30.9 Å². The van der Waals surface area contributed by atoms with E-state index in [2.05, 4.69) is 29.5 Å². The second-order valence-corrected chi connectivity index (χ2v) is 5.58. The van der Waals surface area contributed by atoms with Crippen molar-refractivity contribution in [3.63, 3.8) is 0 Å². The van der Waals surface area contributed by atoms with Gasteiger partial charge in [0.15, 0.2) is 0 Å². The van der Waals surface area contributed by atoms with Crippen LogP contribution in [-0.4, -0.2) is 30.6 Å². The molecule has 0 aliphatic carbocycles. The average molecular weight is 277 g/mol. The van der Waals surface area contributed by atoms with E-state index in [-0.39, 0.29) is 11.8 Å². The Labute approximate surface area is 120 Å². The summed E-state index contributed by atoms with van der Waals surface area (Å²) in [7, 11) is 0. The van der Waals surface area contributed by atoms with E-state index in [1.807, 2.05) is 12.1 Å². The van der Waals surface area contributed by atoms with Crippen molar-refractivity contribution in [1.82, 2.24) is 4.98 Å². The lowest BCUT2D eigenvalue weighted by molar-refractivity contribution is -0.122. The van der Waals surface area contributed by atoms with Gasteiger partial charge in [0.1, 0.15) is 5.82 Å². The Kier molecular flexibility index (Phi) is 5.35. The molecule has 20 heavy (non-hydrogen) atoms. The van der Waals surface area contributed by atoms with Gasteiger partial charge in [0.2, 0.25) is 5.91 Å². The fraction of sp³-hybridized carbons (Fsp3) is 0.600. The Morgan fingerprint density at radius 1 is 1.40 bits per heavy atom. The third-order valence-corrected chi connectivity index (χ3v) is 3.31. The van der Waals surface area contributed by atoms with Crippen LogP contribution in [-0.2, 0) is 9.53 Å². The van der Waals surface area contributed by atoms with Crippen molar-refractivity contribution < 1.29 is 9.53 Å². The molecule has 0 unspecified atom stereocenters. The van der Waals surface area contributed by atoms with Gasteiger partial charge >= 0.3 is 0 Å². The largest absolute Gasteiger partial charge is 0.381 e. The molecule has 0 spiro atoms. The first kappa shape index (κ1) is 14.8. The predicted molar refractivity (Wildman–Crippen MR) is 79.7 cm³/mol. The maximum absolute atomic E-state index is 12.1. The van der Waals surface area contributed by atoms with Crippen molar-refractivity contribution in [2.45, 2.75) is 26.7 Å². The summed E-state index contributed by atoms with van der Waals surface area (Å²) in [4.78, 5) is 16.4. The zero-order valence-corrected chi connectivity index (χ0v) is 12.2. The molecular weight excluding hydrogens is 254 g/mol. The van der Waals surface area contributed by atoms with Gasteiger partial charge in [-0.3, -0.25) is 4.79 Å². The summed E-state index contributed by atoms with van der Waals surface area (Å²) in [6, 6.07) is 3.77. The molecule has 0 saturated carbocycles. The third-order valence-electron chi connectivity index (χ3n) is 3.31. The summed E-state index contributed by atoms with van der Waals surface area (Å²) in [5, 5.41) is 6.17. The topological polar surface area (TPSA) is 63.2 Å². The maximum atomic E-state index is 12.1. The molecule has 1 aromatic rings. The van der Waals surface area contributed by atoms with E-state index in [1.165, 1.54) is 0 Å². The molecule has 1 saturated heterocycles. The second kappa shape index (κ2) is 7.24. The molecule has 1 aliphatic heterocycles. The van der Waals surface area contributed by atoms with Crippen molar-refractivity contribution in [2.24, 2.45) is 11.8 Å². The lowest BCUT2D eigenvalue weighted by Crippen LogP contribution is -2.28. The van der Waals surface area contributed by atoms with Crippen LogP contribution in [0.1, 0.15) is 26.7 Å². The highest BCUT2D eigenvalue weighted by molar-refractivity contribution is 5.92. The van der Waals surface area contributed by atoms with E-state index in [0.29, 0.717) is 19.1 Å². The number of carbonyl (C=O) groups excluding carboxylic acids is 1. The van der Waals surface area contributed by atoms with E-state index in [4.69, 9.17) is 4.74 Å². The van der Waals surface area contributed by atoms with Crippen molar-refractivity contribution >= 4 is 17.4 Å². The minimum atomic E-state index is 0.0579. The molecule has 5 heteroatoms. The van der Waals surface area contributed by atoms with Crippen LogP contribution in [0.4, 0.5) is 11.5 Å². The molecular formula is C15H23N3O2. The van der Waals surface area contributed by atoms with Gasteiger partial charge in [-0.05, 0) is 30.9 Å². The number of carbonyl (C=O) groups is 1. The summed E-state index contributed by atoms with van der Waals surface area (Å²) in [5.41, 5.74) is 0.747. The zero-order chi connectivity index (χ0) is 14.4. The molecule has 0 bridgehead atoms. The molecule has 1 aliphatic rings. The highest BCUT2D eigenvalue weighted by atomic mass is 16.5. The lowest BCUT2D eigenvalue weighted by Gasteiger charge is -2.21. The van der Waals surface area contributed by atoms with Gasteiger partial charge in [-0.2, -0.15) is 0 Å². The summed E-state index contributed by atoms with van der Waals surface area (Å²) >= 11 is 0. The SMILES string of the molecule is CC(C)CNc1ccc(NC(=O)C2CCOCC2)cn1. The number of amides is 1. The number of aromatic nitrogens is 1. The Balaban J connectivity index is 1.84. The number of anilines is 2. The average Bonchev–Trinajstić information content (AvgIpc) is 2.47. The number of pyridine rings is 1. The van der Waals surface area contributed by atoms with Gasteiger partial charge in [-0.15, -0.1) is 0 Å². The van der Waals surface area contributed by atoms with Crippen LogP contribution >= 0.6 is 0 Å². The number of ether oxygens (including phenoxy) is 1. The maximum Gasteiger partial charge on any atom is 0.227 e. The quantitative estimate of drug-likeness (QED) is 0.868. The fourth-order valence-corrected chi connectivity index (χ4v) is 2.09. The van der Waals surface area contributed by atoms with Crippen molar-refractivity contribution in [3.05, 3.63) is 18.3 Å². The molecule has 1 aromatic heterocycles. The highest BCUT2D eigenvalue weighted by Crippen LogP contribution is 2.18. The molecule has 0 radical (unpaired) electrons.